The Morgan fingerprint density at radius 2 is 0.529 bits per heavy atom. The maximum absolute atomic E-state index is 7.77. The van der Waals surface area contributed by atoms with Gasteiger partial charge in [-0.15, -0.1) is 0 Å². The second-order valence-electron chi connectivity index (χ2n) is 1.71. The van der Waals surface area contributed by atoms with Crippen LogP contribution in [0.25, 0.3) is 0 Å². The molecule has 0 saturated heterocycles. The molecule has 17 heavy (non-hydrogen) atoms. The van der Waals surface area contributed by atoms with Gasteiger partial charge in [0.2, 0.25) is 0 Å². The Morgan fingerprint density at radius 3 is 0.529 bits per heavy atom. The van der Waals surface area contributed by atoms with Crippen LogP contribution in [0.5, 0.6) is 0 Å². The average Bonchev–Trinajstić information content (AvgIpc) is 2.39. The number of hydrogen-bond acceptors (Lipinski definition) is 8. The molecule has 4 N–H and O–H groups in total. The third kappa shape index (κ3) is 127. The zero-order chi connectivity index (χ0) is 13.7. The van der Waals surface area contributed by atoms with Gasteiger partial charge in [0, 0.05) is 26.4 Å². The maximum Gasteiger partial charge on any atom is 4.00 e. The molecule has 4 nitrogen and oxygen atoms in total. The topological polar surface area (TPSA) is 80.9 Å². The van der Waals surface area contributed by atoms with Crippen molar-refractivity contribution in [3.05, 3.63) is 0 Å². The van der Waals surface area contributed by atoms with Crippen LogP contribution in [0.1, 0.15) is 0 Å². The van der Waals surface area contributed by atoms with E-state index in [0.29, 0.717) is 23.0 Å². The van der Waals surface area contributed by atoms with Crippen molar-refractivity contribution >= 4 is 74.4 Å². The van der Waals surface area contributed by atoms with Gasteiger partial charge in [-0.3, -0.25) is 0 Å². The fourth-order valence-corrected chi connectivity index (χ4v) is 0. The number of aliphatic hydroxyl groups excluding tert-OH is 4. The summed E-state index contributed by atoms with van der Waals surface area (Å²) in [4.78, 5) is 0. The van der Waals surface area contributed by atoms with E-state index in [1.165, 1.54) is 0 Å². The van der Waals surface area contributed by atoms with Gasteiger partial charge in [0.25, 0.3) is 0 Å². The summed E-state index contributed by atoms with van der Waals surface area (Å²) in [7, 11) is 0. The van der Waals surface area contributed by atoms with Gasteiger partial charge in [0.15, 0.2) is 0 Å². The van der Waals surface area contributed by atoms with E-state index in [2.05, 4.69) is 50.5 Å². The summed E-state index contributed by atoms with van der Waals surface area (Å²) in [6, 6.07) is 0. The SMILES string of the molecule is OCC[S-].OCC[S-].OCC[S-].OCC[S-].[Sn+4]. The van der Waals surface area contributed by atoms with E-state index in [1.807, 2.05) is 0 Å². The van der Waals surface area contributed by atoms with Crippen LogP contribution < -0.4 is 0 Å². The largest absolute Gasteiger partial charge is 4.00 e. The molecule has 0 aromatic carbocycles. The zero-order valence-electron chi connectivity index (χ0n) is 9.58. The minimum Gasteiger partial charge on any atom is -0.790 e. The van der Waals surface area contributed by atoms with Gasteiger partial charge < -0.3 is 70.9 Å². The molecule has 0 unspecified atom stereocenters. The molecule has 0 aromatic heterocycles. The quantitative estimate of drug-likeness (QED) is 0.296. The van der Waals surface area contributed by atoms with E-state index in [9.17, 15) is 0 Å². The van der Waals surface area contributed by atoms with Crippen LogP contribution in [0.2, 0.25) is 0 Å². The Morgan fingerprint density at radius 1 is 0.471 bits per heavy atom. The van der Waals surface area contributed by atoms with Gasteiger partial charge in [0.1, 0.15) is 0 Å². The maximum atomic E-state index is 7.77. The van der Waals surface area contributed by atoms with E-state index >= 15 is 0 Å². The first kappa shape index (κ1) is 31.4. The predicted octanol–water partition coefficient (Wildman–Crippen LogP) is -2.28. The summed E-state index contributed by atoms with van der Waals surface area (Å²) in [5.41, 5.74) is 0. The minimum atomic E-state index is 0. The second-order valence-corrected chi connectivity index (χ2v) is 3.34. The van der Waals surface area contributed by atoms with Gasteiger partial charge in [0.05, 0.1) is 0 Å². The van der Waals surface area contributed by atoms with Gasteiger partial charge >= 0.3 is 23.9 Å². The molecule has 0 fully saturated rings. The third-order valence-electron chi connectivity index (χ3n) is 0.365. The van der Waals surface area contributed by atoms with Crippen LogP contribution in [-0.4, -0.2) is 93.8 Å². The van der Waals surface area contributed by atoms with Crippen molar-refractivity contribution < 1.29 is 20.4 Å². The fraction of sp³-hybridized carbons (Fsp3) is 1.00. The van der Waals surface area contributed by atoms with Gasteiger partial charge in [-0.05, 0) is 0 Å². The van der Waals surface area contributed by atoms with Crippen LogP contribution in [0.15, 0.2) is 0 Å². The summed E-state index contributed by atoms with van der Waals surface area (Å²) in [6.07, 6.45) is 0. The van der Waals surface area contributed by atoms with Crippen LogP contribution >= 0.6 is 0 Å². The van der Waals surface area contributed by atoms with Crippen molar-refractivity contribution in [2.45, 2.75) is 0 Å². The Bertz CT molecular complexity index is 53.5. The number of hydrogen-bond donors (Lipinski definition) is 4. The van der Waals surface area contributed by atoms with Gasteiger partial charge in [-0.2, -0.15) is 23.0 Å². The van der Waals surface area contributed by atoms with Crippen molar-refractivity contribution in [1.82, 2.24) is 0 Å². The van der Waals surface area contributed by atoms with Crippen LogP contribution in [0.3, 0.4) is 0 Å². The van der Waals surface area contributed by atoms with E-state index in [0.717, 1.165) is 0 Å². The Kier molecular flexibility index (Phi) is 96.1. The Labute approximate surface area is 143 Å². The first-order valence-corrected chi connectivity index (χ1v) is 6.73. The molecule has 0 spiro atoms. The van der Waals surface area contributed by atoms with Crippen molar-refractivity contribution in [2.75, 3.05) is 49.4 Å². The smallest absolute Gasteiger partial charge is 0.790 e. The van der Waals surface area contributed by atoms with Gasteiger partial charge in [-0.25, -0.2) is 0 Å². The van der Waals surface area contributed by atoms with Crippen LogP contribution in [0, 0.1) is 0 Å². The molecule has 0 aliphatic heterocycles. The summed E-state index contributed by atoms with van der Waals surface area (Å²) >= 11 is 17.2. The monoisotopic (exact) mass is 428 g/mol. The molecule has 0 atom stereocenters. The summed E-state index contributed by atoms with van der Waals surface area (Å²) in [6.45, 7) is 0.537. The van der Waals surface area contributed by atoms with Crippen molar-refractivity contribution in [3.63, 3.8) is 0 Å². The van der Waals surface area contributed by atoms with Crippen molar-refractivity contribution in [3.8, 4) is 0 Å². The van der Waals surface area contributed by atoms with E-state index in [-0.39, 0.29) is 50.3 Å². The van der Waals surface area contributed by atoms with E-state index < -0.39 is 0 Å². The second kappa shape index (κ2) is 52.0. The average molecular weight is 427 g/mol. The molecule has 9 heteroatoms. The molecule has 0 heterocycles. The molecule has 0 aromatic rings. The molecular formula is C8H20O4S4Sn. The molecule has 0 radical (unpaired) electrons. The predicted molar refractivity (Wildman–Crippen MR) is 83.0 cm³/mol. The summed E-state index contributed by atoms with van der Waals surface area (Å²) in [5.74, 6) is 1.83. The first-order valence-electron chi connectivity index (χ1n) is 4.42. The van der Waals surface area contributed by atoms with Crippen LogP contribution in [0.4, 0.5) is 0 Å². The minimum absolute atomic E-state index is 0. The zero-order valence-corrected chi connectivity index (χ0v) is 15.7. The molecule has 0 amide bonds. The molecule has 0 saturated carbocycles. The van der Waals surface area contributed by atoms with E-state index in [4.69, 9.17) is 20.4 Å². The molecular weight excluding hydrogens is 407 g/mol. The fourth-order valence-electron chi connectivity index (χ4n) is 0. The van der Waals surface area contributed by atoms with Gasteiger partial charge in [-0.1, -0.05) is 0 Å². The molecule has 104 valence electrons. The molecule has 0 aliphatic rings. The number of rotatable bonds is 4. The van der Waals surface area contributed by atoms with Crippen molar-refractivity contribution in [2.24, 2.45) is 0 Å². The van der Waals surface area contributed by atoms with E-state index in [1.54, 1.807) is 0 Å². The third-order valence-corrected chi connectivity index (χ3v) is 1.10. The first-order chi connectivity index (χ1) is 7.66. The number of aliphatic hydroxyl groups is 4. The molecule has 0 aliphatic carbocycles. The standard InChI is InChI=1S/4C2H6OS.Sn/c4*3-1-2-4;/h4*3-4H,1-2H2;/q;;;;+4/p-4. The van der Waals surface area contributed by atoms with Crippen molar-refractivity contribution in [1.29, 1.82) is 0 Å². The Hall–Kier alpha value is 2.04. The normalized spacial score (nSPS) is 7.06. The summed E-state index contributed by atoms with van der Waals surface area (Å²) in [5, 5.41) is 31.1. The summed E-state index contributed by atoms with van der Waals surface area (Å²) < 4.78 is 0. The molecule has 0 rings (SSSR count). The Balaban J connectivity index is -0.0000000369. The van der Waals surface area contributed by atoms with Crippen LogP contribution in [-0.2, 0) is 50.5 Å². The molecule has 0 bridgehead atoms.